The average molecular weight is 256 g/mol. The number of hydrogen-bond donors (Lipinski definition) is 1. The molecule has 2 amide bonds. The highest BCUT2D eigenvalue weighted by Gasteiger charge is 2.40. The number of ether oxygens (including phenoxy) is 1. The number of nitrogens with one attached hydrogen (secondary N) is 1. The number of methoxy groups -OCH3 is 1. The third kappa shape index (κ3) is 3.00. The second-order valence-electron chi connectivity index (χ2n) is 4.79. The van der Waals surface area contributed by atoms with Gasteiger partial charge in [0.15, 0.2) is 0 Å². The highest BCUT2D eigenvalue weighted by molar-refractivity contribution is 6.35. The van der Waals surface area contributed by atoms with E-state index >= 15 is 0 Å². The Labute approximate surface area is 107 Å². The maximum atomic E-state index is 11.9. The van der Waals surface area contributed by atoms with E-state index < -0.39 is 11.8 Å². The molecule has 0 spiro atoms. The van der Waals surface area contributed by atoms with Gasteiger partial charge in [-0.25, -0.2) is 0 Å². The predicted octanol–water partition coefficient (Wildman–Crippen LogP) is -0.0790. The summed E-state index contributed by atoms with van der Waals surface area (Å²) in [7, 11) is 1.32. The highest BCUT2D eigenvalue weighted by Crippen LogP contribution is 2.25. The Bertz CT molecular complexity index is 354. The summed E-state index contributed by atoms with van der Waals surface area (Å²) in [5, 5.41) is 2.55. The Morgan fingerprint density at radius 2 is 1.94 bits per heavy atom. The number of rotatable bonds is 2. The van der Waals surface area contributed by atoms with Gasteiger partial charge in [-0.2, -0.15) is 0 Å². The highest BCUT2D eigenvalue weighted by atomic mass is 16.5. The van der Waals surface area contributed by atoms with Gasteiger partial charge in [0.25, 0.3) is 0 Å². The summed E-state index contributed by atoms with van der Waals surface area (Å²) in [6.45, 7) is 5.74. The van der Waals surface area contributed by atoms with Crippen LogP contribution in [0.15, 0.2) is 0 Å². The molecule has 0 aromatic carbocycles. The summed E-state index contributed by atoms with van der Waals surface area (Å²) in [4.78, 5) is 36.4. The smallest absolute Gasteiger partial charge is 0.312 e. The molecule has 0 aromatic heterocycles. The normalized spacial score (nSPS) is 23.1. The molecule has 1 rings (SSSR count). The first-order valence-electron chi connectivity index (χ1n) is 6.07. The van der Waals surface area contributed by atoms with Crippen molar-refractivity contribution in [3.63, 3.8) is 0 Å². The van der Waals surface area contributed by atoms with E-state index in [1.165, 1.54) is 12.0 Å². The molecule has 0 bridgehead atoms. The van der Waals surface area contributed by atoms with Gasteiger partial charge in [0.05, 0.1) is 13.0 Å². The van der Waals surface area contributed by atoms with Crippen molar-refractivity contribution in [3.05, 3.63) is 0 Å². The van der Waals surface area contributed by atoms with E-state index in [9.17, 15) is 14.4 Å². The molecule has 0 aliphatic carbocycles. The SMILES string of the molecule is COC(=O)C1CCN(C(=O)C(=O)NC(C)C)[C@H]1C. The molecule has 1 saturated heterocycles. The minimum Gasteiger partial charge on any atom is -0.469 e. The van der Waals surface area contributed by atoms with Crippen molar-refractivity contribution in [2.45, 2.75) is 39.3 Å². The number of amides is 2. The van der Waals surface area contributed by atoms with Gasteiger partial charge in [-0.15, -0.1) is 0 Å². The van der Waals surface area contributed by atoms with Crippen LogP contribution >= 0.6 is 0 Å². The Kier molecular flexibility index (Phi) is 4.69. The van der Waals surface area contributed by atoms with E-state index in [1.54, 1.807) is 20.8 Å². The van der Waals surface area contributed by atoms with Gasteiger partial charge in [0.2, 0.25) is 0 Å². The molecule has 0 aromatic rings. The van der Waals surface area contributed by atoms with E-state index in [0.29, 0.717) is 13.0 Å². The van der Waals surface area contributed by atoms with Gasteiger partial charge in [-0.05, 0) is 27.2 Å². The van der Waals surface area contributed by atoms with Crippen molar-refractivity contribution in [1.82, 2.24) is 10.2 Å². The topological polar surface area (TPSA) is 75.7 Å². The van der Waals surface area contributed by atoms with Crippen molar-refractivity contribution in [1.29, 1.82) is 0 Å². The number of carbonyl (C=O) groups is 3. The lowest BCUT2D eigenvalue weighted by atomic mass is 10.0. The zero-order valence-electron chi connectivity index (χ0n) is 11.2. The van der Waals surface area contributed by atoms with E-state index in [2.05, 4.69) is 10.1 Å². The van der Waals surface area contributed by atoms with E-state index in [4.69, 9.17) is 0 Å². The van der Waals surface area contributed by atoms with Crippen molar-refractivity contribution >= 4 is 17.8 Å². The van der Waals surface area contributed by atoms with Crippen LogP contribution in [0, 0.1) is 5.92 Å². The maximum Gasteiger partial charge on any atom is 0.312 e. The lowest BCUT2D eigenvalue weighted by Gasteiger charge is -2.23. The molecule has 1 unspecified atom stereocenters. The molecule has 1 aliphatic rings. The first-order chi connectivity index (χ1) is 8.38. The fraction of sp³-hybridized carbons (Fsp3) is 0.750. The molecule has 1 N–H and O–H groups in total. The Balaban J connectivity index is 2.66. The molecule has 1 aliphatic heterocycles. The van der Waals surface area contributed by atoms with Gasteiger partial charge in [-0.3, -0.25) is 14.4 Å². The molecular weight excluding hydrogens is 236 g/mol. The average Bonchev–Trinajstić information content (AvgIpc) is 2.68. The van der Waals surface area contributed by atoms with E-state index in [0.717, 1.165) is 0 Å². The molecule has 6 heteroatoms. The van der Waals surface area contributed by atoms with Crippen LogP contribution in [0.2, 0.25) is 0 Å². The van der Waals surface area contributed by atoms with Gasteiger partial charge in [0, 0.05) is 18.6 Å². The van der Waals surface area contributed by atoms with Gasteiger partial charge in [-0.1, -0.05) is 0 Å². The Morgan fingerprint density at radius 1 is 1.33 bits per heavy atom. The van der Waals surface area contributed by atoms with Gasteiger partial charge < -0.3 is 15.0 Å². The molecule has 102 valence electrons. The molecule has 0 radical (unpaired) electrons. The number of esters is 1. The van der Waals surface area contributed by atoms with Crippen molar-refractivity contribution < 1.29 is 19.1 Å². The molecular formula is C12H20N2O4. The standard InChI is InChI=1S/C12H20N2O4/c1-7(2)13-10(15)11(16)14-6-5-9(8(14)3)12(17)18-4/h7-9H,5-6H2,1-4H3,(H,13,15)/t8-,9?/m0/s1. The first-order valence-corrected chi connectivity index (χ1v) is 6.07. The first kappa shape index (κ1) is 14.5. The van der Waals surface area contributed by atoms with Crippen LogP contribution < -0.4 is 5.32 Å². The molecule has 1 heterocycles. The zero-order chi connectivity index (χ0) is 13.9. The molecule has 6 nitrogen and oxygen atoms in total. The quantitative estimate of drug-likeness (QED) is 0.554. The zero-order valence-corrected chi connectivity index (χ0v) is 11.2. The lowest BCUT2D eigenvalue weighted by molar-refractivity contribution is -0.149. The van der Waals surface area contributed by atoms with E-state index in [-0.39, 0.29) is 24.0 Å². The van der Waals surface area contributed by atoms with Crippen LogP contribution in [0.25, 0.3) is 0 Å². The van der Waals surface area contributed by atoms with Crippen LogP contribution in [0.5, 0.6) is 0 Å². The fourth-order valence-corrected chi connectivity index (χ4v) is 2.15. The third-order valence-corrected chi connectivity index (χ3v) is 3.13. The minimum absolute atomic E-state index is 0.0873. The summed E-state index contributed by atoms with van der Waals surface area (Å²) < 4.78 is 4.68. The summed E-state index contributed by atoms with van der Waals surface area (Å²) in [5.41, 5.74) is 0. The van der Waals surface area contributed by atoms with Crippen LogP contribution in [-0.4, -0.2) is 48.4 Å². The second kappa shape index (κ2) is 5.84. The molecule has 18 heavy (non-hydrogen) atoms. The Morgan fingerprint density at radius 3 is 2.44 bits per heavy atom. The summed E-state index contributed by atoms with van der Waals surface area (Å²) in [6, 6.07) is -0.390. The summed E-state index contributed by atoms with van der Waals surface area (Å²) in [6.07, 6.45) is 0.536. The van der Waals surface area contributed by atoms with Crippen LogP contribution in [0.4, 0.5) is 0 Å². The lowest BCUT2D eigenvalue weighted by Crippen LogP contribution is -2.47. The monoisotopic (exact) mass is 256 g/mol. The van der Waals surface area contributed by atoms with Crippen molar-refractivity contribution in [2.24, 2.45) is 5.92 Å². The Hall–Kier alpha value is -1.59. The molecule has 1 fully saturated rings. The second-order valence-corrected chi connectivity index (χ2v) is 4.79. The minimum atomic E-state index is -0.623. The molecule has 0 saturated carbocycles. The largest absolute Gasteiger partial charge is 0.469 e. The third-order valence-electron chi connectivity index (χ3n) is 3.13. The number of likely N-dealkylation sites (tertiary alicyclic amines) is 1. The molecule has 2 atom stereocenters. The van der Waals surface area contributed by atoms with Crippen LogP contribution in [-0.2, 0) is 19.1 Å². The van der Waals surface area contributed by atoms with Crippen molar-refractivity contribution in [3.8, 4) is 0 Å². The fourth-order valence-electron chi connectivity index (χ4n) is 2.15. The van der Waals surface area contributed by atoms with Crippen molar-refractivity contribution in [2.75, 3.05) is 13.7 Å². The van der Waals surface area contributed by atoms with E-state index in [1.807, 2.05) is 0 Å². The summed E-state index contributed by atoms with van der Waals surface area (Å²) >= 11 is 0. The number of hydrogen-bond acceptors (Lipinski definition) is 4. The number of nitrogens with zero attached hydrogens (tertiary/aromatic N) is 1. The van der Waals surface area contributed by atoms with Crippen LogP contribution in [0.1, 0.15) is 27.2 Å². The summed E-state index contributed by atoms with van der Waals surface area (Å²) in [5.74, 6) is -1.88. The van der Waals surface area contributed by atoms with Gasteiger partial charge >= 0.3 is 17.8 Å². The predicted molar refractivity (Wildman–Crippen MR) is 64.6 cm³/mol. The maximum absolute atomic E-state index is 11.9. The van der Waals surface area contributed by atoms with Crippen LogP contribution in [0.3, 0.4) is 0 Å². The van der Waals surface area contributed by atoms with Gasteiger partial charge in [0.1, 0.15) is 0 Å². The number of carbonyl (C=O) groups excluding carboxylic acids is 3.